The van der Waals surface area contributed by atoms with Crippen LogP contribution in [-0.4, -0.2) is 16.7 Å². The summed E-state index contributed by atoms with van der Waals surface area (Å²) in [7, 11) is 0. The summed E-state index contributed by atoms with van der Waals surface area (Å²) in [4.78, 5) is 26.7. The second-order valence-electron chi connectivity index (χ2n) is 8.09. The van der Waals surface area contributed by atoms with E-state index in [2.05, 4.69) is 0 Å². The zero-order valence-corrected chi connectivity index (χ0v) is 22.6. The van der Waals surface area contributed by atoms with Crippen LogP contribution in [0.25, 0.3) is 11.5 Å². The van der Waals surface area contributed by atoms with Gasteiger partial charge in [-0.15, -0.1) is 0 Å². The number of aliphatic hydroxyl groups excluding tert-OH is 1. The number of carbonyl (C=O) groups excluding carboxylic acids is 2. The maximum Gasteiger partial charge on any atom is 0.167 e. The molecule has 37 heavy (non-hydrogen) atoms. The first kappa shape index (κ1) is 27.7. The van der Waals surface area contributed by atoms with Gasteiger partial charge in [0.25, 0.3) is 0 Å². The Hall–Kier alpha value is -3.92. The first-order chi connectivity index (χ1) is 18.1. The van der Waals surface area contributed by atoms with Crippen LogP contribution >= 0.6 is 0 Å². The van der Waals surface area contributed by atoms with Crippen molar-refractivity contribution in [2.75, 3.05) is 0 Å². The molecule has 0 amide bonds. The van der Waals surface area contributed by atoms with Gasteiger partial charge in [-0.25, -0.2) is 0 Å². The van der Waals surface area contributed by atoms with Gasteiger partial charge in [-0.1, -0.05) is 108 Å². The fraction of sp³-hybridized carbons (Fsp3) is 0.273. The van der Waals surface area contributed by atoms with Crippen molar-refractivity contribution in [2.24, 2.45) is 0 Å². The highest BCUT2D eigenvalue weighted by molar-refractivity contribution is 6.14. The highest BCUT2D eigenvalue weighted by Gasteiger charge is 2.43. The number of fused-ring (bicyclic) bond motifs is 4. The van der Waals surface area contributed by atoms with Crippen LogP contribution in [0.3, 0.4) is 0 Å². The SMILES string of the molecule is CC.CC.CC.O=C1Cc2ccccc2C(O)=C1C1C2=C(Oc3ccccc31)c1ccccc1CC2=O. The molecule has 3 aromatic carbocycles. The van der Waals surface area contributed by atoms with Crippen molar-refractivity contribution < 1.29 is 19.4 Å². The quantitative estimate of drug-likeness (QED) is 0.372. The summed E-state index contributed by atoms with van der Waals surface area (Å²) in [5.41, 5.74) is 4.66. The third-order valence-electron chi connectivity index (χ3n) is 6.36. The van der Waals surface area contributed by atoms with Gasteiger partial charge in [-0.3, -0.25) is 9.59 Å². The van der Waals surface area contributed by atoms with Crippen molar-refractivity contribution in [2.45, 2.75) is 60.3 Å². The van der Waals surface area contributed by atoms with Crippen LogP contribution in [0.15, 0.2) is 83.9 Å². The molecule has 0 saturated heterocycles. The summed E-state index contributed by atoms with van der Waals surface area (Å²) >= 11 is 0. The summed E-state index contributed by atoms with van der Waals surface area (Å²) in [5, 5.41) is 11.2. The number of para-hydroxylation sites is 1. The Morgan fingerprint density at radius 2 is 1.14 bits per heavy atom. The Morgan fingerprint density at radius 3 is 1.78 bits per heavy atom. The topological polar surface area (TPSA) is 63.6 Å². The molecule has 3 aromatic rings. The summed E-state index contributed by atoms with van der Waals surface area (Å²) in [5.74, 6) is 0.121. The normalized spacial score (nSPS) is 16.6. The molecule has 4 heteroatoms. The van der Waals surface area contributed by atoms with Gasteiger partial charge in [-0.05, 0) is 17.2 Å². The van der Waals surface area contributed by atoms with Gasteiger partial charge in [0.15, 0.2) is 11.6 Å². The van der Waals surface area contributed by atoms with Crippen molar-refractivity contribution in [1.29, 1.82) is 0 Å². The van der Waals surface area contributed by atoms with Gasteiger partial charge in [0.1, 0.15) is 17.3 Å². The lowest BCUT2D eigenvalue weighted by Crippen LogP contribution is -2.31. The predicted molar refractivity (Wildman–Crippen MR) is 151 cm³/mol. The molecule has 0 radical (unpaired) electrons. The van der Waals surface area contributed by atoms with Crippen molar-refractivity contribution in [3.8, 4) is 5.75 Å². The molecular weight excluding hydrogens is 460 g/mol. The monoisotopic (exact) mass is 496 g/mol. The molecule has 4 nitrogen and oxygen atoms in total. The summed E-state index contributed by atoms with van der Waals surface area (Å²) < 4.78 is 6.24. The van der Waals surface area contributed by atoms with E-state index in [0.29, 0.717) is 22.6 Å². The van der Waals surface area contributed by atoms with E-state index in [1.165, 1.54) is 0 Å². The Balaban J connectivity index is 0.000000593. The molecule has 0 bridgehead atoms. The maximum atomic E-state index is 13.4. The molecule has 1 unspecified atom stereocenters. The molecule has 6 rings (SSSR count). The second kappa shape index (κ2) is 12.4. The Kier molecular flexibility index (Phi) is 9.24. The number of benzene rings is 3. The fourth-order valence-electron chi connectivity index (χ4n) is 4.96. The van der Waals surface area contributed by atoms with Crippen molar-refractivity contribution >= 4 is 23.1 Å². The number of carbonyl (C=O) groups is 2. The number of ether oxygens (including phenoxy) is 1. The number of hydrogen-bond acceptors (Lipinski definition) is 4. The minimum Gasteiger partial charge on any atom is -0.507 e. The number of hydrogen-bond donors (Lipinski definition) is 1. The average Bonchev–Trinajstić information content (AvgIpc) is 2.96. The maximum absolute atomic E-state index is 13.4. The lowest BCUT2D eigenvalue weighted by molar-refractivity contribution is -0.115. The van der Waals surface area contributed by atoms with Crippen LogP contribution in [0.4, 0.5) is 0 Å². The minimum absolute atomic E-state index is 0.0490. The van der Waals surface area contributed by atoms with Crippen molar-refractivity contribution in [3.63, 3.8) is 0 Å². The Bertz CT molecular complexity index is 1360. The van der Waals surface area contributed by atoms with Crippen molar-refractivity contribution in [1.82, 2.24) is 0 Å². The van der Waals surface area contributed by atoms with Gasteiger partial charge in [0.05, 0.1) is 17.1 Å². The Labute approximate surface area is 220 Å². The average molecular weight is 497 g/mol. The van der Waals surface area contributed by atoms with Gasteiger partial charge in [-0.2, -0.15) is 0 Å². The number of rotatable bonds is 1. The molecule has 0 fully saturated rings. The first-order valence-corrected chi connectivity index (χ1v) is 13.3. The lowest BCUT2D eigenvalue weighted by Gasteiger charge is -2.35. The molecule has 3 aliphatic rings. The van der Waals surface area contributed by atoms with E-state index >= 15 is 0 Å². The van der Waals surface area contributed by atoms with Crippen LogP contribution < -0.4 is 4.74 Å². The Morgan fingerprint density at radius 1 is 0.649 bits per heavy atom. The van der Waals surface area contributed by atoms with Crippen molar-refractivity contribution in [3.05, 3.63) is 112 Å². The smallest absolute Gasteiger partial charge is 0.167 e. The van der Waals surface area contributed by atoms with Crippen LogP contribution in [-0.2, 0) is 22.4 Å². The fourth-order valence-corrected chi connectivity index (χ4v) is 4.96. The zero-order chi connectivity index (χ0) is 27.1. The third-order valence-corrected chi connectivity index (χ3v) is 6.36. The highest BCUT2D eigenvalue weighted by atomic mass is 16.5. The molecule has 0 saturated carbocycles. The predicted octanol–water partition coefficient (Wildman–Crippen LogP) is 7.87. The molecule has 1 heterocycles. The number of aliphatic hydroxyl groups is 1. The molecule has 1 aliphatic heterocycles. The first-order valence-electron chi connectivity index (χ1n) is 13.3. The standard InChI is InChI=1S/C27H18O4.3C2H6/c28-20-13-15-7-1-3-9-17(15)26(30)24(20)23-19-11-5-6-12-22(19)31-27-18-10-4-2-8-16(18)14-21(29)25(23)27;3*1-2/h1-12,23,30H,13-14H2;3*1-2H3. The molecule has 1 N–H and O–H groups in total. The van der Waals surface area contributed by atoms with E-state index in [4.69, 9.17) is 4.74 Å². The van der Waals surface area contributed by atoms with Gasteiger partial charge < -0.3 is 9.84 Å². The van der Waals surface area contributed by atoms with Crippen LogP contribution in [0.1, 0.15) is 75.3 Å². The second-order valence-corrected chi connectivity index (χ2v) is 8.09. The van der Waals surface area contributed by atoms with E-state index < -0.39 is 5.92 Å². The molecular formula is C33H36O4. The van der Waals surface area contributed by atoms with Gasteiger partial charge >= 0.3 is 0 Å². The van der Waals surface area contributed by atoms with Gasteiger partial charge in [0.2, 0.25) is 0 Å². The van der Waals surface area contributed by atoms with E-state index in [1.807, 2.05) is 114 Å². The number of ketones is 2. The molecule has 2 aliphatic carbocycles. The van der Waals surface area contributed by atoms with E-state index in [9.17, 15) is 14.7 Å². The molecule has 192 valence electrons. The third kappa shape index (κ3) is 4.89. The molecule has 0 aromatic heterocycles. The summed E-state index contributed by atoms with van der Waals surface area (Å²) in [6.45, 7) is 12.0. The molecule has 0 spiro atoms. The van der Waals surface area contributed by atoms with E-state index in [-0.39, 0.29) is 35.7 Å². The highest BCUT2D eigenvalue weighted by Crippen LogP contribution is 2.50. The number of Topliss-reactive ketones (excluding diaryl/α,β-unsaturated/α-hetero) is 2. The van der Waals surface area contributed by atoms with E-state index in [1.54, 1.807) is 0 Å². The number of allylic oxidation sites excluding steroid dienone is 2. The zero-order valence-electron chi connectivity index (χ0n) is 22.6. The van der Waals surface area contributed by atoms with E-state index in [0.717, 1.165) is 22.3 Å². The summed E-state index contributed by atoms with van der Waals surface area (Å²) in [6.07, 6.45) is 0.443. The van der Waals surface area contributed by atoms with Crippen LogP contribution in [0.2, 0.25) is 0 Å². The van der Waals surface area contributed by atoms with Crippen LogP contribution in [0, 0.1) is 0 Å². The van der Waals surface area contributed by atoms with Gasteiger partial charge in [0, 0.05) is 29.5 Å². The summed E-state index contributed by atoms with van der Waals surface area (Å²) in [6, 6.07) is 22.5. The van der Waals surface area contributed by atoms with Crippen LogP contribution in [0.5, 0.6) is 5.75 Å². The minimum atomic E-state index is -0.665. The molecule has 1 atom stereocenters. The largest absolute Gasteiger partial charge is 0.507 e. The lowest BCUT2D eigenvalue weighted by atomic mass is 9.71.